The molecule has 1 aliphatic rings. The van der Waals surface area contributed by atoms with Crippen LogP contribution in [0.4, 0.5) is 0 Å². The third kappa shape index (κ3) is 2.63. The van der Waals surface area contributed by atoms with E-state index in [0.717, 1.165) is 14.7 Å². The Morgan fingerprint density at radius 1 is 1.29 bits per heavy atom. The van der Waals surface area contributed by atoms with Crippen molar-refractivity contribution < 1.29 is 14.7 Å². The van der Waals surface area contributed by atoms with E-state index in [4.69, 9.17) is 5.11 Å². The smallest absolute Gasteiger partial charge is 0.307 e. The van der Waals surface area contributed by atoms with E-state index >= 15 is 0 Å². The summed E-state index contributed by atoms with van der Waals surface area (Å²) in [5.74, 6) is -1.76. The summed E-state index contributed by atoms with van der Waals surface area (Å²) in [6.07, 6.45) is 2.11. The molecule has 0 radical (unpaired) electrons. The molecule has 0 aliphatic heterocycles. The molecule has 6 heteroatoms. The van der Waals surface area contributed by atoms with E-state index in [0.29, 0.717) is 17.7 Å². The van der Waals surface area contributed by atoms with Crippen LogP contribution in [-0.2, 0) is 4.79 Å². The fourth-order valence-corrected chi connectivity index (χ4v) is 4.26. The summed E-state index contributed by atoms with van der Waals surface area (Å²) in [4.78, 5) is 23.9. The van der Waals surface area contributed by atoms with E-state index < -0.39 is 11.9 Å². The second-order valence-corrected chi connectivity index (χ2v) is 7.30. The molecular formula is C11H10Br2O3S. The van der Waals surface area contributed by atoms with E-state index in [9.17, 15) is 9.59 Å². The largest absolute Gasteiger partial charge is 0.481 e. The first-order chi connectivity index (χ1) is 8.00. The van der Waals surface area contributed by atoms with E-state index in [-0.39, 0.29) is 11.7 Å². The van der Waals surface area contributed by atoms with Crippen LogP contribution in [0.5, 0.6) is 0 Å². The van der Waals surface area contributed by atoms with Crippen LogP contribution >= 0.6 is 43.2 Å². The van der Waals surface area contributed by atoms with Crippen LogP contribution in [0, 0.1) is 11.8 Å². The Bertz CT molecular complexity index is 450. The third-order valence-corrected chi connectivity index (χ3v) is 6.33. The number of carboxylic acids is 1. The Balaban J connectivity index is 2.22. The first kappa shape index (κ1) is 13.2. The number of thiophene rings is 1. The molecule has 0 spiro atoms. The zero-order chi connectivity index (χ0) is 12.6. The molecule has 92 valence electrons. The average molecular weight is 382 g/mol. The Morgan fingerprint density at radius 2 is 1.94 bits per heavy atom. The zero-order valence-corrected chi connectivity index (χ0v) is 12.8. The van der Waals surface area contributed by atoms with Crippen molar-refractivity contribution in [3.63, 3.8) is 0 Å². The molecular weight excluding hydrogens is 372 g/mol. The molecule has 2 atom stereocenters. The van der Waals surface area contributed by atoms with Gasteiger partial charge in [-0.15, -0.1) is 11.3 Å². The SMILES string of the molecule is O=C(O)C1CCCC1C(=O)c1cc(Br)c(Br)s1. The number of carbonyl (C=O) groups is 2. The molecule has 1 aromatic rings. The number of aliphatic carboxylic acids is 1. The topological polar surface area (TPSA) is 54.4 Å². The highest BCUT2D eigenvalue weighted by molar-refractivity contribution is 9.13. The quantitative estimate of drug-likeness (QED) is 0.806. The van der Waals surface area contributed by atoms with Gasteiger partial charge in [0.1, 0.15) is 0 Å². The highest BCUT2D eigenvalue weighted by atomic mass is 79.9. The highest BCUT2D eigenvalue weighted by Gasteiger charge is 2.38. The normalized spacial score (nSPS) is 23.9. The van der Waals surface area contributed by atoms with Gasteiger partial charge in [-0.3, -0.25) is 9.59 Å². The second kappa shape index (κ2) is 5.20. The van der Waals surface area contributed by atoms with Crippen LogP contribution < -0.4 is 0 Å². The van der Waals surface area contributed by atoms with Crippen LogP contribution in [0.15, 0.2) is 14.3 Å². The van der Waals surface area contributed by atoms with Gasteiger partial charge in [0, 0.05) is 10.4 Å². The minimum atomic E-state index is -0.851. The van der Waals surface area contributed by atoms with Gasteiger partial charge in [-0.25, -0.2) is 0 Å². The summed E-state index contributed by atoms with van der Waals surface area (Å²) in [5.41, 5.74) is 0. The molecule has 17 heavy (non-hydrogen) atoms. The zero-order valence-electron chi connectivity index (χ0n) is 8.78. The van der Waals surface area contributed by atoms with Gasteiger partial charge in [0.05, 0.1) is 14.6 Å². The molecule has 1 heterocycles. The highest BCUT2D eigenvalue weighted by Crippen LogP contribution is 2.38. The molecule has 3 nitrogen and oxygen atoms in total. The van der Waals surface area contributed by atoms with Crippen molar-refractivity contribution in [1.29, 1.82) is 0 Å². The molecule has 1 aromatic heterocycles. The van der Waals surface area contributed by atoms with Crippen molar-refractivity contribution in [2.45, 2.75) is 19.3 Å². The van der Waals surface area contributed by atoms with Crippen LogP contribution in [0.25, 0.3) is 0 Å². The number of Topliss-reactive ketones (excluding diaryl/α,β-unsaturated/α-hetero) is 1. The summed E-state index contributed by atoms with van der Waals surface area (Å²) in [6, 6.07) is 1.76. The lowest BCUT2D eigenvalue weighted by molar-refractivity contribution is -0.142. The van der Waals surface area contributed by atoms with Crippen molar-refractivity contribution >= 4 is 54.9 Å². The molecule has 2 rings (SSSR count). The van der Waals surface area contributed by atoms with Crippen LogP contribution in [-0.4, -0.2) is 16.9 Å². The lowest BCUT2D eigenvalue weighted by Crippen LogP contribution is -2.24. The maximum absolute atomic E-state index is 12.2. The van der Waals surface area contributed by atoms with Gasteiger partial charge < -0.3 is 5.11 Å². The first-order valence-corrected chi connectivity index (χ1v) is 7.63. The number of hydrogen-bond acceptors (Lipinski definition) is 3. The van der Waals surface area contributed by atoms with E-state index in [1.165, 1.54) is 11.3 Å². The first-order valence-electron chi connectivity index (χ1n) is 5.22. The monoisotopic (exact) mass is 380 g/mol. The van der Waals surface area contributed by atoms with E-state index in [1.54, 1.807) is 6.07 Å². The fourth-order valence-electron chi connectivity index (χ4n) is 2.22. The van der Waals surface area contributed by atoms with Gasteiger partial charge in [-0.2, -0.15) is 0 Å². The molecule has 1 saturated carbocycles. The molecule has 0 bridgehead atoms. The lowest BCUT2D eigenvalue weighted by Gasteiger charge is -2.12. The van der Waals surface area contributed by atoms with E-state index in [2.05, 4.69) is 31.9 Å². The van der Waals surface area contributed by atoms with Crippen molar-refractivity contribution in [3.8, 4) is 0 Å². The number of carboxylic acid groups (broad SMARTS) is 1. The molecule has 1 fully saturated rings. The van der Waals surface area contributed by atoms with Gasteiger partial charge in [0.15, 0.2) is 5.78 Å². The third-order valence-electron chi connectivity index (χ3n) is 3.06. The van der Waals surface area contributed by atoms with Gasteiger partial charge >= 0.3 is 5.97 Å². The number of rotatable bonds is 3. The van der Waals surface area contributed by atoms with Crippen molar-refractivity contribution in [3.05, 3.63) is 19.2 Å². The average Bonchev–Trinajstić information content (AvgIpc) is 2.85. The Labute approximate surface area is 119 Å². The number of carbonyl (C=O) groups excluding carboxylic acids is 1. The second-order valence-electron chi connectivity index (χ2n) is 4.08. The van der Waals surface area contributed by atoms with Crippen molar-refractivity contribution in [1.82, 2.24) is 0 Å². The fraction of sp³-hybridized carbons (Fsp3) is 0.455. The Hall–Kier alpha value is -0.200. The standard InChI is InChI=1S/C11H10Br2O3S/c12-7-4-8(17-10(7)13)9(14)5-2-1-3-6(5)11(15)16/h4-6H,1-3H2,(H,15,16). The van der Waals surface area contributed by atoms with Crippen molar-refractivity contribution in [2.24, 2.45) is 11.8 Å². The van der Waals surface area contributed by atoms with Gasteiger partial charge in [-0.1, -0.05) is 6.42 Å². The number of halogens is 2. The summed E-state index contributed by atoms with van der Waals surface area (Å²) in [6.45, 7) is 0. The summed E-state index contributed by atoms with van der Waals surface area (Å²) in [7, 11) is 0. The summed E-state index contributed by atoms with van der Waals surface area (Å²) >= 11 is 8.02. The summed E-state index contributed by atoms with van der Waals surface area (Å²) < 4.78 is 1.71. The molecule has 2 unspecified atom stereocenters. The predicted octanol–water partition coefficient (Wildman–Crippen LogP) is 3.96. The number of ketones is 1. The van der Waals surface area contributed by atoms with Crippen molar-refractivity contribution in [2.75, 3.05) is 0 Å². The van der Waals surface area contributed by atoms with Gasteiger partial charge in [0.2, 0.25) is 0 Å². The molecule has 1 aliphatic carbocycles. The minimum absolute atomic E-state index is 0.0358. The van der Waals surface area contributed by atoms with Crippen LogP contribution in [0.2, 0.25) is 0 Å². The van der Waals surface area contributed by atoms with Gasteiger partial charge in [0.25, 0.3) is 0 Å². The predicted molar refractivity (Wildman–Crippen MR) is 72.5 cm³/mol. The lowest BCUT2D eigenvalue weighted by atomic mass is 9.91. The molecule has 0 aromatic carbocycles. The maximum Gasteiger partial charge on any atom is 0.307 e. The molecule has 1 N–H and O–H groups in total. The Morgan fingerprint density at radius 3 is 2.47 bits per heavy atom. The van der Waals surface area contributed by atoms with Crippen LogP contribution in [0.1, 0.15) is 28.9 Å². The van der Waals surface area contributed by atoms with Crippen LogP contribution in [0.3, 0.4) is 0 Å². The molecule has 0 saturated heterocycles. The van der Waals surface area contributed by atoms with E-state index in [1.807, 2.05) is 0 Å². The Kier molecular flexibility index (Phi) is 4.05. The van der Waals surface area contributed by atoms with Gasteiger partial charge in [-0.05, 0) is 50.8 Å². The maximum atomic E-state index is 12.2. The minimum Gasteiger partial charge on any atom is -0.481 e. The summed E-state index contributed by atoms with van der Waals surface area (Å²) in [5, 5.41) is 9.07. The number of hydrogen-bond donors (Lipinski definition) is 1. The molecule has 0 amide bonds.